The van der Waals surface area contributed by atoms with Gasteiger partial charge in [0.05, 0.1) is 29.4 Å². The standard InChI is InChI=1S/C58H54O25S8/c1-34-8-17-44(32-51(34)86(63,64)65)85(61,62)45-22-27-50(56(33-45)91(78,79)80)83-49-26-12-39(31-55(49)90(75,76)77)38-10-24-47(53(29-38)88(69,70)71)81-35(2)58(6,7)40-13-18-42(19-14-40)84(59,60)43-20-15-41(16-21-43)82-48-25-11-37(30-54(48)89(72,73)74)36-9-23-46(57(3,4)5)52(28-36)87(66,67)68/h8-33,35H,1-7H3,(H,63,64,65)(H,66,67,68)(H,69,70,71)(H,72,73,74)(H,75,76,77)(H,78,79,80). The van der Waals surface area contributed by atoms with Gasteiger partial charge >= 0.3 is 0 Å². The van der Waals surface area contributed by atoms with E-state index in [1.807, 2.05) is 0 Å². The monoisotopic (exact) mass is 1410 g/mol. The molecule has 6 N–H and O–H groups in total. The lowest BCUT2D eigenvalue weighted by Crippen LogP contribution is -2.36. The SMILES string of the molecule is Cc1ccc(S(=O)(=O)c2ccc(Oc3ccc(-c4ccc(OC(C)C(C)(C)c5ccc(S(=O)(=O)c6ccc(Oc7ccc(-c8ccc(C(C)(C)C)c(S(=O)(=O)O)c8)cc7S(=O)(=O)O)cc6)cc5)c(S(=O)(=O)O)c4)cc3S(=O)(=O)O)c(S(=O)(=O)O)c2)cc1S(=O)(=O)O. The van der Waals surface area contributed by atoms with Gasteiger partial charge in [-0.2, -0.15) is 50.5 Å². The lowest BCUT2D eigenvalue weighted by molar-refractivity contribution is 0.138. The van der Waals surface area contributed by atoms with Crippen LogP contribution in [-0.2, 0) is 91.2 Å². The number of rotatable bonds is 20. The molecule has 25 nitrogen and oxygen atoms in total. The molecule has 0 aliphatic heterocycles. The van der Waals surface area contributed by atoms with Crippen LogP contribution in [0.25, 0.3) is 22.3 Å². The molecule has 0 amide bonds. The van der Waals surface area contributed by atoms with Crippen molar-refractivity contribution in [2.75, 3.05) is 0 Å². The largest absolute Gasteiger partial charge is 0.488 e. The van der Waals surface area contributed by atoms with E-state index in [4.69, 9.17) is 14.2 Å². The number of aryl methyl sites for hydroxylation is 1. The van der Waals surface area contributed by atoms with Gasteiger partial charge in [-0.3, -0.25) is 27.3 Å². The first kappa shape index (κ1) is 69.4. The Labute approximate surface area is 525 Å². The average Bonchev–Trinajstić information content (AvgIpc) is 2.32. The van der Waals surface area contributed by atoms with E-state index in [0.29, 0.717) is 23.8 Å². The molecule has 0 aromatic heterocycles. The molecule has 0 bridgehead atoms. The van der Waals surface area contributed by atoms with Crippen molar-refractivity contribution in [3.05, 3.63) is 174 Å². The zero-order valence-corrected chi connectivity index (χ0v) is 54.8. The van der Waals surface area contributed by atoms with E-state index in [9.17, 15) is 94.7 Å². The van der Waals surface area contributed by atoms with E-state index in [2.05, 4.69) is 0 Å². The Hall–Kier alpha value is -7.48. The van der Waals surface area contributed by atoms with Gasteiger partial charge in [0.1, 0.15) is 54.4 Å². The molecule has 0 fully saturated rings. The zero-order valence-electron chi connectivity index (χ0n) is 48.3. The molecule has 8 rings (SSSR count). The van der Waals surface area contributed by atoms with Crippen LogP contribution in [0.4, 0.5) is 0 Å². The summed E-state index contributed by atoms with van der Waals surface area (Å²) in [7, 11) is -39.7. The maximum Gasteiger partial charge on any atom is 0.298 e. The van der Waals surface area contributed by atoms with Crippen molar-refractivity contribution in [3.8, 4) is 51.0 Å². The predicted octanol–water partition coefficient (Wildman–Crippen LogP) is 10.1. The van der Waals surface area contributed by atoms with Crippen molar-refractivity contribution in [2.45, 2.75) is 114 Å². The summed E-state index contributed by atoms with van der Waals surface area (Å²) in [5, 5.41) is 0. The molecule has 0 aliphatic rings. The fourth-order valence-corrected chi connectivity index (χ4v) is 16.2. The lowest BCUT2D eigenvalue weighted by Gasteiger charge is -2.33. The summed E-state index contributed by atoms with van der Waals surface area (Å²) < 4.78 is 284. The van der Waals surface area contributed by atoms with E-state index in [1.54, 1.807) is 41.5 Å². The van der Waals surface area contributed by atoms with Gasteiger partial charge in [-0.05, 0) is 167 Å². The van der Waals surface area contributed by atoms with Crippen molar-refractivity contribution in [1.29, 1.82) is 0 Å². The fraction of sp³-hybridized carbons (Fsp3) is 0.172. The first-order valence-electron chi connectivity index (χ1n) is 26.0. The van der Waals surface area contributed by atoms with Gasteiger partial charge < -0.3 is 14.2 Å². The molecular formula is C58H54O25S8. The Kier molecular flexibility index (Phi) is 18.5. The number of sulfone groups is 2. The molecule has 8 aromatic rings. The van der Waals surface area contributed by atoms with E-state index < -0.39 is 154 Å². The molecule has 0 spiro atoms. The molecule has 484 valence electrons. The maximum atomic E-state index is 13.9. The fourth-order valence-electron chi connectivity index (χ4n) is 9.28. The molecule has 0 aliphatic carbocycles. The molecule has 0 radical (unpaired) electrons. The van der Waals surface area contributed by atoms with E-state index in [1.165, 1.54) is 85.8 Å². The lowest BCUT2D eigenvalue weighted by atomic mass is 9.80. The highest BCUT2D eigenvalue weighted by molar-refractivity contribution is 7.92. The van der Waals surface area contributed by atoms with Crippen molar-refractivity contribution in [1.82, 2.24) is 0 Å². The number of benzene rings is 8. The van der Waals surface area contributed by atoms with Crippen LogP contribution in [-0.4, -0.2) is 101 Å². The molecule has 0 saturated heterocycles. The highest BCUT2D eigenvalue weighted by Crippen LogP contribution is 2.42. The summed E-state index contributed by atoms with van der Waals surface area (Å²) in [6.45, 7) is 11.3. The van der Waals surface area contributed by atoms with Gasteiger partial charge in [0.15, 0.2) is 0 Å². The van der Waals surface area contributed by atoms with Crippen LogP contribution in [0.5, 0.6) is 28.7 Å². The number of hydrogen-bond acceptors (Lipinski definition) is 19. The summed E-state index contributed by atoms with van der Waals surface area (Å²) >= 11 is 0. The minimum atomic E-state index is -5.44. The molecule has 1 unspecified atom stereocenters. The van der Waals surface area contributed by atoms with Crippen LogP contribution in [0.1, 0.15) is 58.2 Å². The highest BCUT2D eigenvalue weighted by Gasteiger charge is 2.34. The smallest absolute Gasteiger partial charge is 0.298 e. The molecule has 91 heavy (non-hydrogen) atoms. The second-order valence-electron chi connectivity index (χ2n) is 22.0. The van der Waals surface area contributed by atoms with Crippen LogP contribution in [0.3, 0.4) is 0 Å². The van der Waals surface area contributed by atoms with Gasteiger partial charge in [-0.1, -0.05) is 83.1 Å². The van der Waals surface area contributed by atoms with E-state index in [-0.39, 0.29) is 54.7 Å². The van der Waals surface area contributed by atoms with Crippen molar-refractivity contribution in [2.24, 2.45) is 0 Å². The number of hydrogen-bond donors (Lipinski definition) is 6. The highest BCUT2D eigenvalue weighted by atomic mass is 32.2. The van der Waals surface area contributed by atoms with Gasteiger partial charge in [0, 0.05) is 5.41 Å². The topological polar surface area (TPSA) is 422 Å². The van der Waals surface area contributed by atoms with E-state index >= 15 is 0 Å². The third-order valence-electron chi connectivity index (χ3n) is 14.5. The third-order valence-corrected chi connectivity index (χ3v) is 23.4. The molecule has 0 heterocycles. The van der Waals surface area contributed by atoms with Crippen LogP contribution >= 0.6 is 0 Å². The second-order valence-corrected chi connectivity index (χ2v) is 34.3. The first-order chi connectivity index (χ1) is 41.6. The summed E-state index contributed by atoms with van der Waals surface area (Å²) in [4.78, 5) is -7.04. The van der Waals surface area contributed by atoms with Crippen LogP contribution in [0.2, 0.25) is 0 Å². The summed E-state index contributed by atoms with van der Waals surface area (Å²) in [6, 6.07) is 28.6. The Balaban J connectivity index is 1.00. The van der Waals surface area contributed by atoms with Crippen molar-refractivity contribution >= 4 is 80.4 Å². The quantitative estimate of drug-likeness (QED) is 0.0386. The molecule has 8 aromatic carbocycles. The Morgan fingerprint density at radius 1 is 0.341 bits per heavy atom. The van der Waals surface area contributed by atoms with Gasteiger partial charge in [-0.15, -0.1) is 0 Å². The Morgan fingerprint density at radius 3 is 1.09 bits per heavy atom. The number of ether oxygens (including phenoxy) is 3. The zero-order chi connectivity index (χ0) is 67.8. The summed E-state index contributed by atoms with van der Waals surface area (Å²) in [6.07, 6.45) is -0.978. The van der Waals surface area contributed by atoms with Crippen molar-refractivity contribution in [3.63, 3.8) is 0 Å². The molecule has 1 atom stereocenters. The predicted molar refractivity (Wildman–Crippen MR) is 326 cm³/mol. The normalized spacial score (nSPS) is 13.5. The van der Waals surface area contributed by atoms with Crippen LogP contribution in [0.15, 0.2) is 207 Å². The van der Waals surface area contributed by atoms with Crippen LogP contribution < -0.4 is 14.2 Å². The first-order valence-corrected chi connectivity index (χ1v) is 37.6. The molecule has 0 saturated carbocycles. The van der Waals surface area contributed by atoms with Crippen molar-refractivity contribution < 1.29 is 109 Å². The minimum Gasteiger partial charge on any atom is -0.488 e. The Bertz CT molecular complexity index is 5240. The van der Waals surface area contributed by atoms with Gasteiger partial charge in [0.25, 0.3) is 60.7 Å². The average molecular weight is 1410 g/mol. The van der Waals surface area contributed by atoms with Crippen LogP contribution in [0, 0.1) is 6.92 Å². The third kappa shape index (κ3) is 15.1. The summed E-state index contributed by atoms with van der Waals surface area (Å²) in [5.74, 6) is -2.55. The summed E-state index contributed by atoms with van der Waals surface area (Å²) in [5.41, 5.74) is -1.05. The minimum absolute atomic E-state index is 0.0411. The Morgan fingerprint density at radius 2 is 0.659 bits per heavy atom. The molecule has 33 heteroatoms. The van der Waals surface area contributed by atoms with Gasteiger partial charge in [-0.25, -0.2) is 16.8 Å². The van der Waals surface area contributed by atoms with E-state index in [0.717, 1.165) is 60.7 Å². The maximum absolute atomic E-state index is 13.9. The molecular weight excluding hydrogens is 1350 g/mol. The van der Waals surface area contributed by atoms with Gasteiger partial charge in [0.2, 0.25) is 19.7 Å². The second kappa shape index (κ2) is 24.2.